The van der Waals surface area contributed by atoms with Gasteiger partial charge < -0.3 is 9.64 Å². The van der Waals surface area contributed by atoms with Gasteiger partial charge in [0.05, 0.1) is 12.7 Å². The van der Waals surface area contributed by atoms with Crippen LogP contribution in [0.25, 0.3) is 0 Å². The quantitative estimate of drug-likeness (QED) is 0.909. The maximum atomic E-state index is 11.9. The van der Waals surface area contributed by atoms with Crippen molar-refractivity contribution in [2.75, 3.05) is 19.7 Å². The Bertz CT molecular complexity index is 391. The van der Waals surface area contributed by atoms with Crippen LogP contribution < -0.4 is 0 Å². The number of aromatic nitrogens is 4. The first-order valence-electron chi connectivity index (χ1n) is 7.60. The maximum absolute atomic E-state index is 11.9. The van der Waals surface area contributed by atoms with Crippen LogP contribution in [-0.4, -0.2) is 57.2 Å². The highest BCUT2D eigenvalue weighted by molar-refractivity contribution is 5.76. The fraction of sp³-hybridized carbons (Fsp3) is 0.857. The van der Waals surface area contributed by atoms with Crippen LogP contribution in [0.2, 0.25) is 0 Å². The molecule has 1 saturated heterocycles. The van der Waals surface area contributed by atoms with Crippen molar-refractivity contribution in [2.24, 2.45) is 5.92 Å². The molecule has 0 aliphatic carbocycles. The summed E-state index contributed by atoms with van der Waals surface area (Å²) in [5, 5.41) is 13.6. The molecule has 21 heavy (non-hydrogen) atoms. The van der Waals surface area contributed by atoms with E-state index < -0.39 is 0 Å². The molecule has 1 fully saturated rings. The van der Waals surface area contributed by atoms with Crippen molar-refractivity contribution in [3.63, 3.8) is 0 Å². The molecule has 2 heterocycles. The number of H-pyrrole nitrogens is 1. The average molecular weight is 297 g/mol. The van der Waals surface area contributed by atoms with Gasteiger partial charge in [-0.2, -0.15) is 5.21 Å². The summed E-state index contributed by atoms with van der Waals surface area (Å²) in [6.07, 6.45) is 2.11. The Morgan fingerprint density at radius 2 is 2.19 bits per heavy atom. The number of rotatable bonds is 4. The van der Waals surface area contributed by atoms with E-state index in [1.165, 1.54) is 0 Å². The predicted molar refractivity (Wildman–Crippen MR) is 79.6 cm³/mol. The Morgan fingerprint density at radius 3 is 2.76 bits per heavy atom. The van der Waals surface area contributed by atoms with E-state index >= 15 is 0 Å². The number of morpholine rings is 1. The number of carbonyl (C=O) groups excluding carboxylic acids is 1. The molecular formula is C14H27N5O2. The zero-order chi connectivity index (χ0) is 15.7. The summed E-state index contributed by atoms with van der Waals surface area (Å²) in [6.45, 7) is 10.5. The second-order valence-electron chi connectivity index (χ2n) is 5.93. The molecule has 1 aliphatic rings. The Kier molecular flexibility index (Phi) is 7.89. The molecule has 7 heteroatoms. The molecule has 0 aromatic carbocycles. The molecule has 120 valence electrons. The van der Waals surface area contributed by atoms with Crippen molar-refractivity contribution >= 4 is 5.91 Å². The van der Waals surface area contributed by atoms with Crippen LogP contribution >= 0.6 is 0 Å². The van der Waals surface area contributed by atoms with E-state index in [0.717, 1.165) is 12.3 Å². The molecule has 0 saturated carbocycles. The molecule has 2 rings (SSSR count). The van der Waals surface area contributed by atoms with Gasteiger partial charge in [-0.25, -0.2) is 0 Å². The van der Waals surface area contributed by atoms with Gasteiger partial charge in [0.25, 0.3) is 0 Å². The number of hydrogen-bond acceptors (Lipinski definition) is 5. The van der Waals surface area contributed by atoms with Gasteiger partial charge in [0.1, 0.15) is 0 Å². The van der Waals surface area contributed by atoms with Crippen LogP contribution in [0.3, 0.4) is 0 Å². The molecule has 0 spiro atoms. The third kappa shape index (κ3) is 7.75. The molecule has 1 aromatic rings. The van der Waals surface area contributed by atoms with Crippen molar-refractivity contribution in [3.05, 3.63) is 5.82 Å². The summed E-state index contributed by atoms with van der Waals surface area (Å²) >= 11 is 0. The van der Waals surface area contributed by atoms with E-state index in [-0.39, 0.29) is 12.0 Å². The minimum Gasteiger partial charge on any atom is -0.375 e. The van der Waals surface area contributed by atoms with E-state index in [9.17, 15) is 4.79 Å². The Labute approximate surface area is 126 Å². The molecule has 7 nitrogen and oxygen atoms in total. The van der Waals surface area contributed by atoms with Crippen molar-refractivity contribution in [1.29, 1.82) is 0 Å². The summed E-state index contributed by atoms with van der Waals surface area (Å²) in [4.78, 5) is 13.7. The van der Waals surface area contributed by atoms with Crippen LogP contribution in [0.5, 0.6) is 0 Å². The number of aryl methyl sites for hydroxylation is 1. The Morgan fingerprint density at radius 1 is 1.48 bits per heavy atom. The first kappa shape index (κ1) is 17.6. The molecule has 1 aliphatic heterocycles. The van der Waals surface area contributed by atoms with Gasteiger partial charge in [0, 0.05) is 25.9 Å². The standard InChI is InChI=1S/C10H17N5O2.C4H10/c1-8-7-15(5-6-17-8)10(16)4-2-3-9-11-13-14-12-9;1-4(2)3/h8H,2-7H2,1H3,(H,11,12,13,14);4H,1-3H3. The summed E-state index contributed by atoms with van der Waals surface area (Å²) in [7, 11) is 0. The minimum absolute atomic E-state index is 0.143. The smallest absolute Gasteiger partial charge is 0.222 e. The first-order valence-corrected chi connectivity index (χ1v) is 7.60. The lowest BCUT2D eigenvalue weighted by Crippen LogP contribution is -2.44. The third-order valence-corrected chi connectivity index (χ3v) is 2.77. The molecular weight excluding hydrogens is 270 g/mol. The molecule has 1 unspecified atom stereocenters. The van der Waals surface area contributed by atoms with Crippen molar-refractivity contribution in [2.45, 2.75) is 53.1 Å². The highest BCUT2D eigenvalue weighted by Crippen LogP contribution is 2.08. The van der Waals surface area contributed by atoms with Gasteiger partial charge in [-0.3, -0.25) is 4.79 Å². The molecule has 1 atom stereocenters. The Balaban J connectivity index is 0.000000491. The van der Waals surface area contributed by atoms with Gasteiger partial charge in [-0.1, -0.05) is 26.0 Å². The zero-order valence-electron chi connectivity index (χ0n) is 13.5. The van der Waals surface area contributed by atoms with Gasteiger partial charge in [0.2, 0.25) is 5.91 Å². The highest BCUT2D eigenvalue weighted by Gasteiger charge is 2.20. The van der Waals surface area contributed by atoms with Crippen LogP contribution in [0.4, 0.5) is 0 Å². The maximum Gasteiger partial charge on any atom is 0.222 e. The third-order valence-electron chi connectivity index (χ3n) is 2.77. The number of amides is 1. The summed E-state index contributed by atoms with van der Waals surface area (Å²) < 4.78 is 5.40. The van der Waals surface area contributed by atoms with E-state index in [4.69, 9.17) is 4.74 Å². The number of nitrogens with zero attached hydrogens (tertiary/aromatic N) is 4. The van der Waals surface area contributed by atoms with Gasteiger partial charge in [0.15, 0.2) is 5.82 Å². The van der Waals surface area contributed by atoms with E-state index in [0.29, 0.717) is 38.4 Å². The summed E-state index contributed by atoms with van der Waals surface area (Å²) in [5.41, 5.74) is 0. The van der Waals surface area contributed by atoms with Gasteiger partial charge in [-0.05, 0) is 19.3 Å². The topological polar surface area (TPSA) is 84.0 Å². The molecule has 1 aromatic heterocycles. The zero-order valence-corrected chi connectivity index (χ0v) is 13.5. The number of hydrogen-bond donors (Lipinski definition) is 1. The number of aromatic amines is 1. The average Bonchev–Trinajstić information content (AvgIpc) is 2.91. The number of nitrogens with one attached hydrogen (secondary N) is 1. The second kappa shape index (κ2) is 9.44. The van der Waals surface area contributed by atoms with Crippen LogP contribution in [0, 0.1) is 5.92 Å². The molecule has 1 N–H and O–H groups in total. The van der Waals surface area contributed by atoms with Crippen molar-refractivity contribution < 1.29 is 9.53 Å². The Hall–Kier alpha value is -1.50. The lowest BCUT2D eigenvalue weighted by atomic mass is 10.2. The van der Waals surface area contributed by atoms with Crippen LogP contribution in [0.1, 0.15) is 46.4 Å². The lowest BCUT2D eigenvalue weighted by Gasteiger charge is -2.31. The molecule has 0 bridgehead atoms. The number of carbonyl (C=O) groups is 1. The largest absolute Gasteiger partial charge is 0.375 e. The predicted octanol–water partition coefficient (Wildman–Crippen LogP) is 1.43. The molecule has 1 amide bonds. The monoisotopic (exact) mass is 297 g/mol. The summed E-state index contributed by atoms with van der Waals surface area (Å²) in [5.74, 6) is 1.68. The fourth-order valence-corrected chi connectivity index (χ4v) is 1.89. The van der Waals surface area contributed by atoms with E-state index in [1.54, 1.807) is 0 Å². The van der Waals surface area contributed by atoms with Crippen molar-refractivity contribution in [1.82, 2.24) is 25.5 Å². The normalized spacial score (nSPS) is 18.3. The minimum atomic E-state index is 0.143. The molecule has 0 radical (unpaired) electrons. The fourth-order valence-electron chi connectivity index (χ4n) is 1.89. The van der Waals surface area contributed by atoms with Crippen LogP contribution in [0.15, 0.2) is 0 Å². The van der Waals surface area contributed by atoms with Gasteiger partial charge in [-0.15, -0.1) is 10.2 Å². The highest BCUT2D eigenvalue weighted by atomic mass is 16.5. The van der Waals surface area contributed by atoms with Gasteiger partial charge >= 0.3 is 0 Å². The summed E-state index contributed by atoms with van der Waals surface area (Å²) in [6, 6.07) is 0. The number of ether oxygens (including phenoxy) is 1. The van der Waals surface area contributed by atoms with E-state index in [1.807, 2.05) is 11.8 Å². The second-order valence-corrected chi connectivity index (χ2v) is 5.93. The first-order chi connectivity index (χ1) is 9.99. The van der Waals surface area contributed by atoms with Crippen LogP contribution in [-0.2, 0) is 16.0 Å². The van der Waals surface area contributed by atoms with E-state index in [2.05, 4.69) is 41.4 Å². The number of tetrazole rings is 1. The SMILES string of the molecule is CC(C)C.CC1CN(C(=O)CCCc2nn[nH]n2)CCO1. The van der Waals surface area contributed by atoms with Crippen molar-refractivity contribution in [3.8, 4) is 0 Å². The lowest BCUT2D eigenvalue weighted by molar-refractivity contribution is -0.138.